The van der Waals surface area contributed by atoms with Crippen LogP contribution in [0.15, 0.2) is 18.2 Å². The minimum atomic E-state index is -0.890. The van der Waals surface area contributed by atoms with Gasteiger partial charge in [0.05, 0.1) is 13.0 Å². The molecule has 0 saturated heterocycles. The molecule has 2 rings (SSSR count). The molecule has 27 heavy (non-hydrogen) atoms. The van der Waals surface area contributed by atoms with Gasteiger partial charge in [-0.25, -0.2) is 0 Å². The van der Waals surface area contributed by atoms with Gasteiger partial charge < -0.3 is 25.2 Å². The number of hydrogen-bond donors (Lipinski definition) is 3. The van der Waals surface area contributed by atoms with Crippen LogP contribution in [-0.2, 0) is 9.59 Å². The van der Waals surface area contributed by atoms with Gasteiger partial charge in [0, 0.05) is 17.6 Å². The van der Waals surface area contributed by atoms with E-state index in [1.807, 2.05) is 13.8 Å². The number of methoxy groups -OCH3 is 1. The van der Waals surface area contributed by atoms with Crippen molar-refractivity contribution >= 4 is 17.8 Å². The van der Waals surface area contributed by atoms with Crippen molar-refractivity contribution in [1.82, 2.24) is 10.6 Å². The summed E-state index contributed by atoms with van der Waals surface area (Å²) in [7, 11) is 1.44. The maximum atomic E-state index is 12.5. The van der Waals surface area contributed by atoms with Crippen molar-refractivity contribution in [3.05, 3.63) is 23.8 Å². The van der Waals surface area contributed by atoms with Crippen molar-refractivity contribution in [2.75, 3.05) is 13.7 Å². The normalized spacial score (nSPS) is 18.8. The number of amides is 2. The Kier molecular flexibility index (Phi) is 7.04. The third-order valence-corrected chi connectivity index (χ3v) is 4.38. The molecule has 0 spiro atoms. The molecule has 1 fully saturated rings. The number of benzene rings is 1. The molecule has 8 heteroatoms. The average molecular weight is 378 g/mol. The van der Waals surface area contributed by atoms with Gasteiger partial charge in [-0.05, 0) is 44.9 Å². The van der Waals surface area contributed by atoms with Gasteiger partial charge in [0.25, 0.3) is 11.8 Å². The fourth-order valence-electron chi connectivity index (χ4n) is 3.12. The molecule has 1 saturated carbocycles. The first-order valence-electron chi connectivity index (χ1n) is 8.95. The van der Waals surface area contributed by atoms with Crippen molar-refractivity contribution in [2.45, 2.75) is 45.2 Å². The Morgan fingerprint density at radius 1 is 1.22 bits per heavy atom. The number of hydrogen-bond acceptors (Lipinski definition) is 5. The first kappa shape index (κ1) is 20.5. The lowest BCUT2D eigenvalue weighted by molar-refractivity contribution is -0.142. The SMILES string of the molecule is COc1cc(C(=O)N[C@@H]2CCC[C@@H]2C(=O)O)ccc1OCC(=O)NC(C)C. The molecule has 1 aliphatic carbocycles. The number of carbonyl (C=O) groups excluding carboxylic acids is 2. The van der Waals surface area contributed by atoms with Crippen LogP contribution in [-0.4, -0.2) is 48.7 Å². The van der Waals surface area contributed by atoms with E-state index >= 15 is 0 Å². The molecule has 8 nitrogen and oxygen atoms in total. The van der Waals surface area contributed by atoms with Crippen LogP contribution >= 0.6 is 0 Å². The van der Waals surface area contributed by atoms with Gasteiger partial charge >= 0.3 is 5.97 Å². The van der Waals surface area contributed by atoms with E-state index in [0.29, 0.717) is 29.9 Å². The number of nitrogens with one attached hydrogen (secondary N) is 2. The Bertz CT molecular complexity index is 703. The molecule has 0 unspecified atom stereocenters. The van der Waals surface area contributed by atoms with E-state index in [-0.39, 0.29) is 30.5 Å². The summed E-state index contributed by atoms with van der Waals surface area (Å²) < 4.78 is 10.7. The molecule has 148 valence electrons. The Morgan fingerprint density at radius 2 is 1.96 bits per heavy atom. The number of carbonyl (C=O) groups is 3. The Labute approximate surface area is 158 Å². The summed E-state index contributed by atoms with van der Waals surface area (Å²) in [5.74, 6) is -1.40. The fourth-order valence-corrected chi connectivity index (χ4v) is 3.12. The Balaban J connectivity index is 2.03. The van der Waals surface area contributed by atoms with E-state index in [0.717, 1.165) is 6.42 Å². The van der Waals surface area contributed by atoms with Crippen molar-refractivity contribution in [3.8, 4) is 11.5 Å². The zero-order valence-electron chi connectivity index (χ0n) is 15.8. The molecule has 3 N–H and O–H groups in total. The Morgan fingerprint density at radius 3 is 2.59 bits per heavy atom. The van der Waals surface area contributed by atoms with Crippen LogP contribution in [0, 0.1) is 5.92 Å². The van der Waals surface area contributed by atoms with Gasteiger partial charge in [-0.2, -0.15) is 0 Å². The minimum Gasteiger partial charge on any atom is -0.493 e. The summed E-state index contributed by atoms with van der Waals surface area (Å²) in [5, 5.41) is 14.7. The second-order valence-electron chi connectivity index (χ2n) is 6.83. The predicted octanol–water partition coefficient (Wildman–Crippen LogP) is 1.58. The first-order valence-corrected chi connectivity index (χ1v) is 8.95. The summed E-state index contributed by atoms with van der Waals surface area (Å²) in [6, 6.07) is 4.25. The first-order chi connectivity index (χ1) is 12.8. The van der Waals surface area contributed by atoms with E-state index in [9.17, 15) is 19.5 Å². The van der Waals surface area contributed by atoms with Crippen molar-refractivity contribution in [2.24, 2.45) is 5.92 Å². The van der Waals surface area contributed by atoms with Crippen LogP contribution in [0.25, 0.3) is 0 Å². The van der Waals surface area contributed by atoms with Crippen LogP contribution < -0.4 is 20.1 Å². The van der Waals surface area contributed by atoms with Crippen LogP contribution in [0.5, 0.6) is 11.5 Å². The second kappa shape index (κ2) is 9.25. The molecule has 0 heterocycles. The quantitative estimate of drug-likeness (QED) is 0.633. The summed E-state index contributed by atoms with van der Waals surface area (Å²) in [5.41, 5.74) is 0.335. The number of aliphatic carboxylic acids is 1. The summed E-state index contributed by atoms with van der Waals surface area (Å²) in [6.07, 6.45) is 1.98. The second-order valence-corrected chi connectivity index (χ2v) is 6.83. The molecule has 1 aromatic carbocycles. The number of rotatable bonds is 8. The van der Waals surface area contributed by atoms with Crippen molar-refractivity contribution in [3.63, 3.8) is 0 Å². The van der Waals surface area contributed by atoms with Gasteiger partial charge in [-0.1, -0.05) is 6.42 Å². The van der Waals surface area contributed by atoms with E-state index in [2.05, 4.69) is 10.6 Å². The summed E-state index contributed by atoms with van der Waals surface area (Å²) in [6.45, 7) is 3.54. The number of carboxylic acid groups (broad SMARTS) is 1. The lowest BCUT2D eigenvalue weighted by atomic mass is 10.0. The largest absolute Gasteiger partial charge is 0.493 e. The summed E-state index contributed by atoms with van der Waals surface area (Å²) >= 11 is 0. The van der Waals surface area contributed by atoms with Gasteiger partial charge in [0.15, 0.2) is 18.1 Å². The van der Waals surface area contributed by atoms with E-state index in [1.54, 1.807) is 12.1 Å². The maximum absolute atomic E-state index is 12.5. The molecule has 0 bridgehead atoms. The molecular formula is C19H26N2O6. The maximum Gasteiger partial charge on any atom is 0.308 e. The lowest BCUT2D eigenvalue weighted by Gasteiger charge is -2.18. The highest BCUT2D eigenvalue weighted by molar-refractivity contribution is 5.95. The zero-order chi connectivity index (χ0) is 20.0. The Hall–Kier alpha value is -2.77. The smallest absolute Gasteiger partial charge is 0.308 e. The third-order valence-electron chi connectivity index (χ3n) is 4.38. The topological polar surface area (TPSA) is 114 Å². The zero-order valence-corrected chi connectivity index (χ0v) is 15.8. The van der Waals surface area contributed by atoms with E-state index < -0.39 is 11.9 Å². The monoisotopic (exact) mass is 378 g/mol. The minimum absolute atomic E-state index is 0.0132. The molecule has 1 aliphatic rings. The van der Waals surface area contributed by atoms with Crippen LogP contribution in [0.3, 0.4) is 0 Å². The van der Waals surface area contributed by atoms with Crippen LogP contribution in [0.4, 0.5) is 0 Å². The van der Waals surface area contributed by atoms with Crippen LogP contribution in [0.1, 0.15) is 43.5 Å². The highest BCUT2D eigenvalue weighted by atomic mass is 16.5. The molecular weight excluding hydrogens is 352 g/mol. The number of ether oxygens (including phenoxy) is 2. The predicted molar refractivity (Wildman–Crippen MR) is 98.0 cm³/mol. The van der Waals surface area contributed by atoms with Crippen molar-refractivity contribution in [1.29, 1.82) is 0 Å². The van der Waals surface area contributed by atoms with Gasteiger partial charge in [-0.15, -0.1) is 0 Å². The van der Waals surface area contributed by atoms with E-state index in [4.69, 9.17) is 9.47 Å². The lowest BCUT2D eigenvalue weighted by Crippen LogP contribution is -2.40. The molecule has 0 radical (unpaired) electrons. The van der Waals surface area contributed by atoms with Gasteiger partial charge in [-0.3, -0.25) is 14.4 Å². The van der Waals surface area contributed by atoms with Gasteiger partial charge in [0.1, 0.15) is 0 Å². The fraction of sp³-hybridized carbons (Fsp3) is 0.526. The molecule has 0 aliphatic heterocycles. The average Bonchev–Trinajstić information content (AvgIpc) is 3.07. The highest BCUT2D eigenvalue weighted by Gasteiger charge is 2.34. The molecule has 2 atom stereocenters. The molecule has 2 amide bonds. The van der Waals surface area contributed by atoms with Gasteiger partial charge in [0.2, 0.25) is 0 Å². The highest BCUT2D eigenvalue weighted by Crippen LogP contribution is 2.29. The third kappa shape index (κ3) is 5.60. The van der Waals surface area contributed by atoms with Crippen LogP contribution in [0.2, 0.25) is 0 Å². The molecule has 0 aromatic heterocycles. The summed E-state index contributed by atoms with van der Waals surface area (Å²) in [4.78, 5) is 35.4. The molecule has 1 aromatic rings. The van der Waals surface area contributed by atoms with Crippen molar-refractivity contribution < 1.29 is 29.0 Å². The van der Waals surface area contributed by atoms with E-state index in [1.165, 1.54) is 13.2 Å². The number of carboxylic acids is 1. The standard InChI is InChI=1S/C19H26N2O6/c1-11(2)20-17(22)10-27-15-8-7-12(9-16(15)26-3)18(23)21-14-6-4-5-13(14)19(24)25/h7-9,11,13-14H,4-6,10H2,1-3H3,(H,20,22)(H,21,23)(H,24,25)/t13-,14+/m0/s1.